The predicted octanol–water partition coefficient (Wildman–Crippen LogP) is 2.01. The van der Waals surface area contributed by atoms with E-state index in [1.807, 2.05) is 10.8 Å². The lowest BCUT2D eigenvalue weighted by Gasteiger charge is -2.13. The minimum Gasteiger partial charge on any atom is -0.468 e. The highest BCUT2D eigenvalue weighted by atomic mass is 16.3. The molecule has 0 atom stereocenters. The van der Waals surface area contributed by atoms with E-state index in [1.54, 1.807) is 23.4 Å². The van der Waals surface area contributed by atoms with Crippen molar-refractivity contribution in [1.82, 2.24) is 9.55 Å². The Morgan fingerprint density at radius 1 is 1.39 bits per heavy atom. The zero-order chi connectivity index (χ0) is 12.1. The van der Waals surface area contributed by atoms with Crippen molar-refractivity contribution in [2.45, 2.75) is 25.3 Å². The van der Waals surface area contributed by atoms with E-state index in [0.29, 0.717) is 18.0 Å². The van der Waals surface area contributed by atoms with Crippen LogP contribution in [0.2, 0.25) is 0 Å². The number of rotatable bonds is 2. The summed E-state index contributed by atoms with van der Waals surface area (Å²) in [5, 5.41) is 0. The van der Waals surface area contributed by atoms with Gasteiger partial charge in [-0.2, -0.15) is 0 Å². The molecule has 0 unspecified atom stereocenters. The van der Waals surface area contributed by atoms with Crippen molar-refractivity contribution in [2.24, 2.45) is 0 Å². The van der Waals surface area contributed by atoms with E-state index < -0.39 is 0 Å². The van der Waals surface area contributed by atoms with E-state index in [0.717, 1.165) is 31.1 Å². The number of anilines is 1. The van der Waals surface area contributed by atoms with Crippen LogP contribution in [0.4, 0.5) is 5.95 Å². The summed E-state index contributed by atoms with van der Waals surface area (Å²) in [5.74, 6) is 2.05. The van der Waals surface area contributed by atoms with E-state index in [9.17, 15) is 4.79 Å². The molecular formula is C13H13N3O2. The first-order valence-corrected chi connectivity index (χ1v) is 6.25. The number of hydrogen-bond acceptors (Lipinski definition) is 3. The Bertz CT molecular complexity index is 609. The lowest BCUT2D eigenvalue weighted by molar-refractivity contribution is 0.0986. The standard InChI is InChI=1S/C13H13N3O2/c17-12(10-3-8-18-11(10)9-1-2-9)16-7-6-15-5-4-14-13(15)16/h3-5,8-9H,1-2,6-7H2. The number of hydrogen-bond donors (Lipinski definition) is 0. The van der Waals surface area contributed by atoms with Crippen molar-refractivity contribution in [3.63, 3.8) is 0 Å². The van der Waals surface area contributed by atoms with Gasteiger partial charge in [-0.05, 0) is 18.9 Å². The van der Waals surface area contributed by atoms with Gasteiger partial charge in [-0.3, -0.25) is 9.69 Å². The summed E-state index contributed by atoms with van der Waals surface area (Å²) >= 11 is 0. The maximum Gasteiger partial charge on any atom is 0.264 e. The molecule has 0 spiro atoms. The Hall–Kier alpha value is -2.04. The summed E-state index contributed by atoms with van der Waals surface area (Å²) < 4.78 is 7.46. The molecule has 2 aromatic heterocycles. The number of carbonyl (C=O) groups is 1. The molecule has 92 valence electrons. The van der Waals surface area contributed by atoms with E-state index in [2.05, 4.69) is 4.98 Å². The quantitative estimate of drug-likeness (QED) is 0.810. The van der Waals surface area contributed by atoms with Crippen LogP contribution in [0.25, 0.3) is 0 Å². The Labute approximate surface area is 104 Å². The fourth-order valence-corrected chi connectivity index (χ4v) is 2.53. The third kappa shape index (κ3) is 1.33. The second kappa shape index (κ2) is 3.48. The van der Waals surface area contributed by atoms with Gasteiger partial charge in [0.25, 0.3) is 5.91 Å². The van der Waals surface area contributed by atoms with Gasteiger partial charge in [-0.15, -0.1) is 0 Å². The van der Waals surface area contributed by atoms with Crippen molar-refractivity contribution in [3.05, 3.63) is 36.0 Å². The van der Waals surface area contributed by atoms with Gasteiger partial charge < -0.3 is 8.98 Å². The first-order valence-electron chi connectivity index (χ1n) is 6.25. The molecule has 0 N–H and O–H groups in total. The maximum absolute atomic E-state index is 12.5. The summed E-state index contributed by atoms with van der Waals surface area (Å²) in [6.45, 7) is 1.51. The lowest BCUT2D eigenvalue weighted by atomic mass is 10.1. The summed E-state index contributed by atoms with van der Waals surface area (Å²) in [7, 11) is 0. The molecule has 0 saturated heterocycles. The zero-order valence-corrected chi connectivity index (χ0v) is 9.87. The highest BCUT2D eigenvalue weighted by molar-refractivity contribution is 6.06. The van der Waals surface area contributed by atoms with Crippen molar-refractivity contribution >= 4 is 11.9 Å². The second-order valence-electron chi connectivity index (χ2n) is 4.85. The van der Waals surface area contributed by atoms with Crippen LogP contribution >= 0.6 is 0 Å². The van der Waals surface area contributed by atoms with E-state index in [-0.39, 0.29) is 5.91 Å². The molecule has 5 heteroatoms. The van der Waals surface area contributed by atoms with Gasteiger partial charge >= 0.3 is 0 Å². The van der Waals surface area contributed by atoms with Gasteiger partial charge in [0.1, 0.15) is 5.76 Å². The number of amides is 1. The molecule has 0 aromatic carbocycles. The molecule has 1 aliphatic heterocycles. The molecule has 1 aliphatic carbocycles. The second-order valence-corrected chi connectivity index (χ2v) is 4.85. The van der Waals surface area contributed by atoms with E-state index in [1.165, 1.54) is 0 Å². The summed E-state index contributed by atoms with van der Waals surface area (Å²) in [6.07, 6.45) is 7.50. The Morgan fingerprint density at radius 2 is 2.28 bits per heavy atom. The number of aromatic nitrogens is 2. The smallest absolute Gasteiger partial charge is 0.264 e. The Morgan fingerprint density at radius 3 is 3.11 bits per heavy atom. The topological polar surface area (TPSA) is 51.3 Å². The van der Waals surface area contributed by atoms with Crippen LogP contribution in [-0.4, -0.2) is 22.0 Å². The Balaban J connectivity index is 1.69. The molecule has 1 saturated carbocycles. The van der Waals surface area contributed by atoms with Crippen molar-refractivity contribution in [2.75, 3.05) is 11.4 Å². The summed E-state index contributed by atoms with van der Waals surface area (Å²) in [5.41, 5.74) is 0.703. The molecule has 0 bridgehead atoms. The third-order valence-electron chi connectivity index (χ3n) is 3.62. The molecule has 4 rings (SSSR count). The monoisotopic (exact) mass is 243 g/mol. The molecule has 5 nitrogen and oxygen atoms in total. The number of carbonyl (C=O) groups excluding carboxylic acids is 1. The number of furan rings is 1. The number of imidazole rings is 1. The highest BCUT2D eigenvalue weighted by Gasteiger charge is 2.34. The fraction of sp³-hybridized carbons (Fsp3) is 0.385. The Kier molecular flexibility index (Phi) is 1.92. The zero-order valence-electron chi connectivity index (χ0n) is 9.87. The molecule has 3 heterocycles. The summed E-state index contributed by atoms with van der Waals surface area (Å²) in [4.78, 5) is 18.5. The van der Waals surface area contributed by atoms with Gasteiger partial charge in [-0.1, -0.05) is 0 Å². The lowest BCUT2D eigenvalue weighted by Crippen LogP contribution is -2.29. The van der Waals surface area contributed by atoms with Crippen LogP contribution in [-0.2, 0) is 6.54 Å². The van der Waals surface area contributed by atoms with Crippen LogP contribution in [0.5, 0.6) is 0 Å². The minimum absolute atomic E-state index is 0.00981. The van der Waals surface area contributed by atoms with Crippen LogP contribution in [0.3, 0.4) is 0 Å². The average Bonchev–Trinajstić information content (AvgIpc) is 2.83. The van der Waals surface area contributed by atoms with Gasteiger partial charge in [0.15, 0.2) is 0 Å². The maximum atomic E-state index is 12.5. The number of fused-ring (bicyclic) bond motifs is 1. The minimum atomic E-state index is 0.00981. The summed E-state index contributed by atoms with van der Waals surface area (Å²) in [6, 6.07) is 1.78. The molecule has 18 heavy (non-hydrogen) atoms. The van der Waals surface area contributed by atoms with E-state index >= 15 is 0 Å². The predicted molar refractivity (Wildman–Crippen MR) is 64.6 cm³/mol. The first-order chi connectivity index (χ1) is 8.84. The molecule has 2 aromatic rings. The first kappa shape index (κ1) is 9.94. The number of nitrogens with zero attached hydrogens (tertiary/aromatic N) is 3. The fourth-order valence-electron chi connectivity index (χ4n) is 2.53. The van der Waals surface area contributed by atoms with Gasteiger partial charge in [0.05, 0.1) is 11.8 Å². The van der Waals surface area contributed by atoms with Crippen molar-refractivity contribution in [1.29, 1.82) is 0 Å². The van der Waals surface area contributed by atoms with Gasteiger partial charge in [0, 0.05) is 31.4 Å². The van der Waals surface area contributed by atoms with Crippen molar-refractivity contribution < 1.29 is 9.21 Å². The molecular weight excluding hydrogens is 230 g/mol. The van der Waals surface area contributed by atoms with Crippen molar-refractivity contribution in [3.8, 4) is 0 Å². The largest absolute Gasteiger partial charge is 0.468 e. The highest BCUT2D eigenvalue weighted by Crippen LogP contribution is 2.42. The van der Waals surface area contributed by atoms with E-state index in [4.69, 9.17) is 4.42 Å². The average molecular weight is 243 g/mol. The molecule has 2 aliphatic rings. The van der Waals surface area contributed by atoms with Crippen LogP contribution in [0.1, 0.15) is 34.9 Å². The van der Waals surface area contributed by atoms with Crippen LogP contribution < -0.4 is 4.90 Å². The normalized spacial score (nSPS) is 18.1. The molecule has 1 fully saturated rings. The van der Waals surface area contributed by atoms with Gasteiger partial charge in [-0.25, -0.2) is 4.98 Å². The van der Waals surface area contributed by atoms with Crippen LogP contribution in [0.15, 0.2) is 29.1 Å². The van der Waals surface area contributed by atoms with Gasteiger partial charge in [0.2, 0.25) is 5.95 Å². The third-order valence-corrected chi connectivity index (χ3v) is 3.62. The molecule has 1 amide bonds. The molecule has 0 radical (unpaired) electrons. The SMILES string of the molecule is O=C(c1ccoc1C1CC1)N1CCn2ccnc21. The van der Waals surface area contributed by atoms with Crippen LogP contribution in [0, 0.1) is 0 Å².